The van der Waals surface area contributed by atoms with Gasteiger partial charge >= 0.3 is 0 Å². The largest absolute Gasteiger partial charge is 0.220 e. The lowest BCUT2D eigenvalue weighted by molar-refractivity contribution is 0.607. The molecule has 1 aromatic carbocycles. The van der Waals surface area contributed by atoms with Gasteiger partial charge in [0.1, 0.15) is 29.7 Å². The van der Waals surface area contributed by atoms with E-state index in [0.717, 1.165) is 0 Å². The fourth-order valence-corrected chi connectivity index (χ4v) is 1.34. The summed E-state index contributed by atoms with van der Waals surface area (Å²) in [5.41, 5.74) is 0.388. The molecule has 0 bridgehead atoms. The zero-order valence-corrected chi connectivity index (χ0v) is 7.98. The molecule has 0 fully saturated rings. The van der Waals surface area contributed by atoms with E-state index in [4.69, 9.17) is 5.26 Å². The van der Waals surface area contributed by atoms with Crippen molar-refractivity contribution in [3.8, 4) is 11.8 Å². The molecule has 1 aromatic heterocycles. The molecule has 2 aromatic rings. The molecular formula is C10H7FN4. The highest BCUT2D eigenvalue weighted by Crippen LogP contribution is 2.17. The fourth-order valence-electron chi connectivity index (χ4n) is 1.34. The summed E-state index contributed by atoms with van der Waals surface area (Å²) in [7, 11) is 0. The molecule has 5 heteroatoms. The Hall–Kier alpha value is -2.22. The number of halogens is 1. The molecular weight excluding hydrogens is 195 g/mol. The van der Waals surface area contributed by atoms with Gasteiger partial charge in [-0.1, -0.05) is 6.07 Å². The molecule has 0 aliphatic carbocycles. The molecule has 1 heterocycles. The number of para-hydroxylation sites is 1. The first-order valence-electron chi connectivity index (χ1n) is 4.29. The first-order chi connectivity index (χ1) is 7.24. The first kappa shape index (κ1) is 9.34. The van der Waals surface area contributed by atoms with E-state index in [2.05, 4.69) is 10.1 Å². The summed E-state index contributed by atoms with van der Waals surface area (Å²) >= 11 is 0. The van der Waals surface area contributed by atoms with Gasteiger partial charge < -0.3 is 0 Å². The predicted octanol–water partition coefficient (Wildman–Crippen LogP) is 1.59. The summed E-state index contributed by atoms with van der Waals surface area (Å²) in [4.78, 5) is 3.89. The lowest BCUT2D eigenvalue weighted by atomic mass is 10.2. The SMILES string of the molecule is Cc1ncnn1-c1c(F)cccc1C#N. The first-order valence-corrected chi connectivity index (χ1v) is 4.29. The normalized spacial score (nSPS) is 9.93. The molecule has 15 heavy (non-hydrogen) atoms. The average molecular weight is 202 g/mol. The van der Waals surface area contributed by atoms with Crippen LogP contribution < -0.4 is 0 Å². The number of aromatic nitrogens is 3. The Morgan fingerprint density at radius 3 is 2.87 bits per heavy atom. The van der Waals surface area contributed by atoms with Crippen molar-refractivity contribution in [1.82, 2.24) is 14.8 Å². The molecule has 2 rings (SSSR count). The van der Waals surface area contributed by atoms with Crippen molar-refractivity contribution < 1.29 is 4.39 Å². The van der Waals surface area contributed by atoms with Crippen LogP contribution in [0.3, 0.4) is 0 Å². The maximum Gasteiger partial charge on any atom is 0.150 e. The number of benzene rings is 1. The number of hydrogen-bond donors (Lipinski definition) is 0. The van der Waals surface area contributed by atoms with Crippen LogP contribution in [0.1, 0.15) is 11.4 Å². The van der Waals surface area contributed by atoms with Gasteiger partial charge in [-0.3, -0.25) is 0 Å². The second-order valence-electron chi connectivity index (χ2n) is 2.97. The van der Waals surface area contributed by atoms with Crippen molar-refractivity contribution in [2.75, 3.05) is 0 Å². The highest BCUT2D eigenvalue weighted by Gasteiger charge is 2.12. The van der Waals surface area contributed by atoms with Crippen molar-refractivity contribution in [1.29, 1.82) is 5.26 Å². The number of rotatable bonds is 1. The van der Waals surface area contributed by atoms with E-state index >= 15 is 0 Å². The van der Waals surface area contributed by atoms with E-state index in [1.54, 1.807) is 13.0 Å². The second kappa shape index (κ2) is 3.50. The number of nitriles is 1. The Kier molecular flexibility index (Phi) is 2.18. The van der Waals surface area contributed by atoms with Gasteiger partial charge in [0.2, 0.25) is 0 Å². The molecule has 0 N–H and O–H groups in total. The van der Waals surface area contributed by atoms with Gasteiger partial charge in [0.15, 0.2) is 0 Å². The Balaban J connectivity index is 2.73. The fraction of sp³-hybridized carbons (Fsp3) is 0.100. The zero-order chi connectivity index (χ0) is 10.8. The highest BCUT2D eigenvalue weighted by atomic mass is 19.1. The highest BCUT2D eigenvalue weighted by molar-refractivity contribution is 5.49. The van der Waals surface area contributed by atoms with Gasteiger partial charge in [0.05, 0.1) is 5.56 Å². The summed E-state index contributed by atoms with van der Waals surface area (Å²) < 4.78 is 14.9. The molecule has 0 unspecified atom stereocenters. The molecule has 0 spiro atoms. The average Bonchev–Trinajstić information content (AvgIpc) is 2.64. The summed E-state index contributed by atoms with van der Waals surface area (Å²) in [5.74, 6) is 0.0549. The van der Waals surface area contributed by atoms with E-state index < -0.39 is 5.82 Å². The molecule has 74 valence electrons. The van der Waals surface area contributed by atoms with Gasteiger partial charge in [-0.25, -0.2) is 14.1 Å². The van der Waals surface area contributed by atoms with Crippen LogP contribution >= 0.6 is 0 Å². The summed E-state index contributed by atoms with van der Waals surface area (Å²) in [6, 6.07) is 6.24. The van der Waals surface area contributed by atoms with Gasteiger partial charge in [0.25, 0.3) is 0 Å². The monoisotopic (exact) mass is 202 g/mol. The second-order valence-corrected chi connectivity index (χ2v) is 2.97. The third kappa shape index (κ3) is 1.46. The van der Waals surface area contributed by atoms with Crippen molar-refractivity contribution >= 4 is 0 Å². The van der Waals surface area contributed by atoms with Crippen LogP contribution in [-0.2, 0) is 0 Å². The maximum absolute atomic E-state index is 13.5. The smallest absolute Gasteiger partial charge is 0.150 e. The van der Waals surface area contributed by atoms with Crippen molar-refractivity contribution in [2.24, 2.45) is 0 Å². The molecule has 0 aliphatic rings. The van der Waals surface area contributed by atoms with Crippen LogP contribution in [-0.4, -0.2) is 14.8 Å². The van der Waals surface area contributed by atoms with Crippen LogP contribution in [0.2, 0.25) is 0 Å². The van der Waals surface area contributed by atoms with Crippen LogP contribution in [0, 0.1) is 24.1 Å². The lowest BCUT2D eigenvalue weighted by Crippen LogP contribution is -2.04. The van der Waals surface area contributed by atoms with E-state index in [0.29, 0.717) is 5.82 Å². The minimum atomic E-state index is -0.484. The van der Waals surface area contributed by atoms with Crippen molar-refractivity contribution in [3.63, 3.8) is 0 Å². The lowest BCUT2D eigenvalue weighted by Gasteiger charge is -2.05. The van der Waals surface area contributed by atoms with Gasteiger partial charge in [0, 0.05) is 0 Å². The van der Waals surface area contributed by atoms with Gasteiger partial charge in [-0.05, 0) is 19.1 Å². The molecule has 0 saturated heterocycles. The minimum Gasteiger partial charge on any atom is -0.220 e. The van der Waals surface area contributed by atoms with Crippen LogP contribution in [0.4, 0.5) is 4.39 Å². The Morgan fingerprint density at radius 2 is 2.27 bits per heavy atom. The number of hydrogen-bond acceptors (Lipinski definition) is 3. The van der Waals surface area contributed by atoms with E-state index in [1.807, 2.05) is 6.07 Å². The van der Waals surface area contributed by atoms with Crippen LogP contribution in [0.5, 0.6) is 0 Å². The Labute approximate surface area is 85.6 Å². The maximum atomic E-state index is 13.5. The number of aryl methyl sites for hydroxylation is 1. The van der Waals surface area contributed by atoms with Gasteiger partial charge in [-0.2, -0.15) is 10.4 Å². The van der Waals surface area contributed by atoms with E-state index in [1.165, 1.54) is 23.1 Å². The molecule has 0 atom stereocenters. The zero-order valence-electron chi connectivity index (χ0n) is 7.98. The summed E-state index contributed by atoms with van der Waals surface area (Å²) in [6.45, 7) is 1.70. The molecule has 0 saturated carbocycles. The summed E-state index contributed by atoms with van der Waals surface area (Å²) in [5, 5.41) is 12.7. The molecule has 0 radical (unpaired) electrons. The topological polar surface area (TPSA) is 54.5 Å². The van der Waals surface area contributed by atoms with Crippen LogP contribution in [0.25, 0.3) is 5.69 Å². The Morgan fingerprint density at radius 1 is 1.47 bits per heavy atom. The van der Waals surface area contributed by atoms with E-state index in [9.17, 15) is 4.39 Å². The van der Waals surface area contributed by atoms with Crippen molar-refractivity contribution in [3.05, 3.63) is 41.7 Å². The van der Waals surface area contributed by atoms with Gasteiger partial charge in [-0.15, -0.1) is 0 Å². The third-order valence-electron chi connectivity index (χ3n) is 2.04. The number of nitrogens with zero attached hydrogens (tertiary/aromatic N) is 4. The minimum absolute atomic E-state index is 0.148. The quantitative estimate of drug-likeness (QED) is 0.705. The summed E-state index contributed by atoms with van der Waals surface area (Å²) in [6.07, 6.45) is 1.32. The van der Waals surface area contributed by atoms with Crippen molar-refractivity contribution in [2.45, 2.75) is 6.92 Å². The molecule has 0 aliphatic heterocycles. The molecule has 4 nitrogen and oxygen atoms in total. The van der Waals surface area contributed by atoms with E-state index in [-0.39, 0.29) is 11.3 Å². The van der Waals surface area contributed by atoms with Crippen LogP contribution in [0.15, 0.2) is 24.5 Å². The third-order valence-corrected chi connectivity index (χ3v) is 2.04. The Bertz CT molecular complexity index is 539. The molecule has 0 amide bonds. The predicted molar refractivity (Wildman–Crippen MR) is 50.8 cm³/mol. The standard InChI is InChI=1S/C10H7FN4/c1-7-13-6-14-15(7)10-8(5-12)3-2-4-9(10)11/h2-4,6H,1H3.